The highest BCUT2D eigenvalue weighted by atomic mass is 16.5. The van der Waals surface area contributed by atoms with Crippen LogP contribution in [0.3, 0.4) is 0 Å². The number of amides is 1. The van der Waals surface area contributed by atoms with Gasteiger partial charge >= 0.3 is 0 Å². The number of ether oxygens (including phenoxy) is 2. The van der Waals surface area contributed by atoms with Crippen LogP contribution in [0.25, 0.3) is 0 Å². The molecule has 2 atom stereocenters. The Morgan fingerprint density at radius 3 is 2.88 bits per heavy atom. The lowest BCUT2D eigenvalue weighted by molar-refractivity contribution is -0.143. The number of fused-ring (bicyclic) bond motifs is 1. The molecule has 4 rings (SSSR count). The summed E-state index contributed by atoms with van der Waals surface area (Å²) in [5.74, 6) is 1.65. The third kappa shape index (κ3) is 2.89. The van der Waals surface area contributed by atoms with E-state index >= 15 is 0 Å². The topological polar surface area (TPSA) is 77.7 Å². The minimum Gasteiger partial charge on any atom is -0.492 e. The first-order valence-corrected chi connectivity index (χ1v) is 8.58. The van der Waals surface area contributed by atoms with Gasteiger partial charge in [-0.3, -0.25) is 4.79 Å². The molecule has 0 saturated carbocycles. The van der Waals surface area contributed by atoms with Crippen LogP contribution in [-0.2, 0) is 9.53 Å². The van der Waals surface area contributed by atoms with Gasteiger partial charge in [-0.1, -0.05) is 32.0 Å². The highest BCUT2D eigenvalue weighted by Gasteiger charge is 2.39. The number of rotatable bonds is 3. The monoisotopic (exact) mass is 343 g/mol. The van der Waals surface area contributed by atoms with Crippen molar-refractivity contribution in [3.05, 3.63) is 41.6 Å². The van der Waals surface area contributed by atoms with E-state index in [1.54, 1.807) is 4.90 Å². The van der Waals surface area contributed by atoms with Crippen LogP contribution in [0, 0.1) is 0 Å². The molecule has 0 bridgehead atoms. The first kappa shape index (κ1) is 16.1. The smallest absolute Gasteiger partial charge is 0.241 e. The number of hydrogen-bond donors (Lipinski definition) is 0. The van der Waals surface area contributed by atoms with Crippen molar-refractivity contribution in [1.29, 1.82) is 0 Å². The van der Waals surface area contributed by atoms with Gasteiger partial charge in [-0.15, -0.1) is 10.2 Å². The van der Waals surface area contributed by atoms with Crippen LogP contribution in [0.1, 0.15) is 49.1 Å². The van der Waals surface area contributed by atoms with Crippen LogP contribution in [0.15, 0.2) is 28.7 Å². The van der Waals surface area contributed by atoms with Gasteiger partial charge in [0.1, 0.15) is 24.3 Å². The first-order valence-electron chi connectivity index (χ1n) is 8.58. The van der Waals surface area contributed by atoms with Gasteiger partial charge in [-0.2, -0.15) is 0 Å². The molecular weight excluding hydrogens is 322 g/mol. The van der Waals surface area contributed by atoms with Crippen LogP contribution in [0.2, 0.25) is 0 Å². The second kappa shape index (κ2) is 6.48. The molecule has 7 heteroatoms. The van der Waals surface area contributed by atoms with Gasteiger partial charge < -0.3 is 18.8 Å². The van der Waals surface area contributed by atoms with E-state index in [4.69, 9.17) is 13.9 Å². The number of carbonyl (C=O) groups is 1. The van der Waals surface area contributed by atoms with Gasteiger partial charge in [-0.25, -0.2) is 0 Å². The van der Waals surface area contributed by atoms with E-state index in [2.05, 4.69) is 10.2 Å². The first-order chi connectivity index (χ1) is 12.1. The van der Waals surface area contributed by atoms with Crippen molar-refractivity contribution in [2.45, 2.75) is 31.7 Å². The third-order valence-electron chi connectivity index (χ3n) is 4.64. The Kier molecular flexibility index (Phi) is 4.17. The van der Waals surface area contributed by atoms with E-state index in [9.17, 15) is 4.79 Å². The van der Waals surface area contributed by atoms with Crippen molar-refractivity contribution in [1.82, 2.24) is 15.1 Å². The normalized spacial score (nSPS) is 22.8. The van der Waals surface area contributed by atoms with E-state index in [0.717, 1.165) is 11.3 Å². The number of hydrogen-bond acceptors (Lipinski definition) is 6. The average molecular weight is 343 g/mol. The Hall–Kier alpha value is -2.41. The quantitative estimate of drug-likeness (QED) is 0.851. The van der Waals surface area contributed by atoms with E-state index in [0.29, 0.717) is 38.1 Å². The number of para-hydroxylation sites is 1. The molecule has 1 aromatic carbocycles. The van der Waals surface area contributed by atoms with Crippen LogP contribution >= 0.6 is 0 Å². The Morgan fingerprint density at radius 1 is 1.24 bits per heavy atom. The van der Waals surface area contributed by atoms with E-state index in [1.807, 2.05) is 38.1 Å². The molecule has 7 nitrogen and oxygen atoms in total. The molecule has 0 radical (unpaired) electrons. The molecule has 0 N–H and O–H groups in total. The molecule has 0 aliphatic carbocycles. The maximum Gasteiger partial charge on any atom is 0.241 e. The molecule has 25 heavy (non-hydrogen) atoms. The zero-order chi connectivity index (χ0) is 17.4. The van der Waals surface area contributed by atoms with Gasteiger partial charge in [0.2, 0.25) is 17.7 Å². The lowest BCUT2D eigenvalue weighted by Crippen LogP contribution is -2.45. The zero-order valence-electron chi connectivity index (χ0n) is 14.3. The minimum absolute atomic E-state index is 0.0162. The van der Waals surface area contributed by atoms with Crippen molar-refractivity contribution in [2.24, 2.45) is 0 Å². The van der Waals surface area contributed by atoms with Crippen molar-refractivity contribution in [2.75, 3.05) is 26.4 Å². The number of morpholine rings is 1. The van der Waals surface area contributed by atoms with Crippen molar-refractivity contribution >= 4 is 5.91 Å². The highest BCUT2D eigenvalue weighted by molar-refractivity contribution is 5.86. The summed E-state index contributed by atoms with van der Waals surface area (Å²) in [6, 6.07) is 7.33. The van der Waals surface area contributed by atoms with Gasteiger partial charge in [0.25, 0.3) is 0 Å². The molecule has 1 amide bonds. The largest absolute Gasteiger partial charge is 0.492 e. The second-order valence-electron chi connectivity index (χ2n) is 6.66. The summed E-state index contributed by atoms with van der Waals surface area (Å²) in [4.78, 5) is 15.0. The molecule has 3 heterocycles. The Bertz CT molecular complexity index is 773. The maximum absolute atomic E-state index is 13.2. The maximum atomic E-state index is 13.2. The Balaban J connectivity index is 1.60. The van der Waals surface area contributed by atoms with Gasteiger partial charge in [0.05, 0.1) is 13.2 Å². The van der Waals surface area contributed by atoms with Crippen molar-refractivity contribution in [3.63, 3.8) is 0 Å². The lowest BCUT2D eigenvalue weighted by Gasteiger charge is -2.34. The van der Waals surface area contributed by atoms with Crippen molar-refractivity contribution < 1.29 is 18.7 Å². The molecule has 1 saturated heterocycles. The fraction of sp³-hybridized carbons (Fsp3) is 0.500. The molecule has 0 spiro atoms. The molecule has 2 aliphatic rings. The molecule has 2 aliphatic heterocycles. The highest BCUT2D eigenvalue weighted by Crippen LogP contribution is 2.37. The minimum atomic E-state index is -0.353. The lowest BCUT2D eigenvalue weighted by atomic mass is 9.98. The summed E-state index contributed by atoms with van der Waals surface area (Å²) in [6.07, 6.45) is 0. The van der Waals surface area contributed by atoms with Crippen molar-refractivity contribution in [3.8, 4) is 5.75 Å². The number of aromatic nitrogens is 2. The summed E-state index contributed by atoms with van der Waals surface area (Å²) in [6.45, 7) is 5.71. The molecule has 132 valence electrons. The van der Waals surface area contributed by atoms with E-state index in [1.165, 1.54) is 0 Å². The third-order valence-corrected chi connectivity index (χ3v) is 4.64. The number of benzene rings is 1. The van der Waals surface area contributed by atoms with Gasteiger partial charge in [0.15, 0.2) is 0 Å². The number of carbonyl (C=O) groups excluding carboxylic acids is 1. The summed E-state index contributed by atoms with van der Waals surface area (Å²) in [7, 11) is 0. The fourth-order valence-corrected chi connectivity index (χ4v) is 3.25. The zero-order valence-corrected chi connectivity index (χ0v) is 14.3. The van der Waals surface area contributed by atoms with Gasteiger partial charge in [-0.05, 0) is 6.07 Å². The molecule has 0 unspecified atom stereocenters. The second-order valence-corrected chi connectivity index (χ2v) is 6.66. The molecule has 1 fully saturated rings. The molecular formula is C18H21N3O4. The fourth-order valence-electron chi connectivity index (χ4n) is 3.25. The Labute approximate surface area is 145 Å². The van der Waals surface area contributed by atoms with Crippen LogP contribution in [-0.4, -0.2) is 47.4 Å². The van der Waals surface area contributed by atoms with Crippen LogP contribution < -0.4 is 4.74 Å². The van der Waals surface area contributed by atoms with E-state index < -0.39 is 0 Å². The summed E-state index contributed by atoms with van der Waals surface area (Å²) >= 11 is 0. The Morgan fingerprint density at radius 2 is 2.08 bits per heavy atom. The summed E-state index contributed by atoms with van der Waals surface area (Å²) in [5, 5.41) is 8.23. The summed E-state index contributed by atoms with van der Waals surface area (Å²) < 4.78 is 17.0. The van der Waals surface area contributed by atoms with Crippen LogP contribution in [0.4, 0.5) is 0 Å². The number of nitrogens with zero attached hydrogens (tertiary/aromatic N) is 3. The van der Waals surface area contributed by atoms with Gasteiger partial charge in [0, 0.05) is 18.0 Å². The standard InChI is InChI=1S/C18H21N3O4/c1-11(2)16-19-20-17(25-16)14-10-23-8-7-21(14)18(22)13-9-24-15-6-4-3-5-12(13)15/h3-6,11,13-14H,7-10H2,1-2H3/t13-,14+/m1/s1. The summed E-state index contributed by atoms with van der Waals surface area (Å²) in [5.41, 5.74) is 0.936. The molecule has 1 aromatic heterocycles. The van der Waals surface area contributed by atoms with Crippen LogP contribution in [0.5, 0.6) is 5.75 Å². The molecule has 2 aromatic rings. The SMILES string of the molecule is CC(C)c1nnc([C@@H]2COCCN2C(=O)[C@@H]2COc3ccccc32)o1. The predicted molar refractivity (Wildman–Crippen MR) is 88.3 cm³/mol. The predicted octanol–water partition coefficient (Wildman–Crippen LogP) is 2.27. The average Bonchev–Trinajstić information content (AvgIpc) is 3.28. The van der Waals surface area contributed by atoms with E-state index in [-0.39, 0.29) is 23.8 Å².